The Kier molecular flexibility index (Phi) is 3.69. The molecule has 0 aliphatic carbocycles. The van der Waals surface area contributed by atoms with Gasteiger partial charge in [-0.15, -0.1) is 0 Å². The molecule has 0 amide bonds. The van der Waals surface area contributed by atoms with Crippen LogP contribution in [0.15, 0.2) is 27.4 Å². The van der Waals surface area contributed by atoms with Crippen LogP contribution in [-0.2, 0) is 13.5 Å². The first kappa shape index (κ1) is 12.4. The van der Waals surface area contributed by atoms with Gasteiger partial charge in [-0.25, -0.2) is 0 Å². The zero-order valence-corrected chi connectivity index (χ0v) is 11.8. The van der Waals surface area contributed by atoms with Gasteiger partial charge in [-0.05, 0) is 29.0 Å². The fourth-order valence-corrected chi connectivity index (χ4v) is 2.66. The minimum atomic E-state index is 0.0885. The number of aromatic nitrogens is 2. The third kappa shape index (κ3) is 2.17. The quantitative estimate of drug-likeness (QED) is 0.943. The lowest BCUT2D eigenvalue weighted by Crippen LogP contribution is -2.21. The topological polar surface area (TPSA) is 43.0 Å². The molecule has 4 nitrogen and oxygen atoms in total. The summed E-state index contributed by atoms with van der Waals surface area (Å²) in [5, 5.41) is 7.56. The van der Waals surface area contributed by atoms with E-state index in [0.717, 1.165) is 22.3 Å². The van der Waals surface area contributed by atoms with Gasteiger partial charge in [-0.2, -0.15) is 5.10 Å². The van der Waals surface area contributed by atoms with Crippen LogP contribution in [0.1, 0.15) is 30.0 Å². The molecule has 0 fully saturated rings. The van der Waals surface area contributed by atoms with Gasteiger partial charge in [0.1, 0.15) is 5.76 Å². The first-order valence-corrected chi connectivity index (χ1v) is 6.39. The van der Waals surface area contributed by atoms with Crippen LogP contribution in [0.4, 0.5) is 0 Å². The van der Waals surface area contributed by atoms with E-state index in [2.05, 4.69) is 33.3 Å². The Morgan fingerprint density at radius 3 is 2.88 bits per heavy atom. The molecule has 0 aliphatic rings. The van der Waals surface area contributed by atoms with Crippen LogP contribution in [0.2, 0.25) is 0 Å². The summed E-state index contributed by atoms with van der Waals surface area (Å²) in [5.41, 5.74) is 2.27. The SMILES string of the molecule is CCc1occc1C(NC)c1c(Br)cnn1C. The number of nitrogens with one attached hydrogen (secondary N) is 1. The number of furan rings is 1. The monoisotopic (exact) mass is 297 g/mol. The smallest absolute Gasteiger partial charge is 0.108 e. The summed E-state index contributed by atoms with van der Waals surface area (Å²) in [4.78, 5) is 0. The van der Waals surface area contributed by atoms with Gasteiger partial charge >= 0.3 is 0 Å². The maximum absolute atomic E-state index is 5.49. The van der Waals surface area contributed by atoms with Gasteiger partial charge in [0.15, 0.2) is 0 Å². The van der Waals surface area contributed by atoms with E-state index >= 15 is 0 Å². The van der Waals surface area contributed by atoms with Crippen molar-refractivity contribution in [2.45, 2.75) is 19.4 Å². The minimum absolute atomic E-state index is 0.0885. The van der Waals surface area contributed by atoms with Gasteiger partial charge in [-0.1, -0.05) is 6.92 Å². The predicted molar refractivity (Wildman–Crippen MR) is 69.9 cm³/mol. The van der Waals surface area contributed by atoms with E-state index in [1.165, 1.54) is 5.56 Å². The molecule has 0 aliphatic heterocycles. The summed E-state index contributed by atoms with van der Waals surface area (Å²) in [6.45, 7) is 2.09. The van der Waals surface area contributed by atoms with E-state index in [9.17, 15) is 0 Å². The van der Waals surface area contributed by atoms with Crippen LogP contribution < -0.4 is 5.32 Å². The molecule has 5 heteroatoms. The molecule has 17 heavy (non-hydrogen) atoms. The van der Waals surface area contributed by atoms with Crippen molar-refractivity contribution in [2.24, 2.45) is 7.05 Å². The third-order valence-corrected chi connectivity index (χ3v) is 3.52. The molecule has 1 N–H and O–H groups in total. The number of nitrogens with zero attached hydrogens (tertiary/aromatic N) is 2. The van der Waals surface area contributed by atoms with E-state index in [1.54, 1.807) is 6.26 Å². The molecule has 92 valence electrons. The molecule has 0 saturated heterocycles. The highest BCUT2D eigenvalue weighted by atomic mass is 79.9. The van der Waals surface area contributed by atoms with E-state index in [1.807, 2.05) is 31.0 Å². The van der Waals surface area contributed by atoms with E-state index in [0.29, 0.717) is 0 Å². The van der Waals surface area contributed by atoms with E-state index in [4.69, 9.17) is 4.42 Å². The molecule has 2 rings (SSSR count). The van der Waals surface area contributed by atoms with Crippen LogP contribution in [0, 0.1) is 0 Å². The van der Waals surface area contributed by atoms with E-state index < -0.39 is 0 Å². The Hall–Kier alpha value is -1.07. The summed E-state index contributed by atoms with van der Waals surface area (Å²) < 4.78 is 8.36. The third-order valence-electron chi connectivity index (χ3n) is 2.91. The normalized spacial score (nSPS) is 12.9. The molecular weight excluding hydrogens is 282 g/mol. The number of hydrogen-bond acceptors (Lipinski definition) is 3. The van der Waals surface area contributed by atoms with Gasteiger partial charge in [-0.3, -0.25) is 4.68 Å². The lowest BCUT2D eigenvalue weighted by atomic mass is 10.0. The molecule has 0 radical (unpaired) electrons. The number of hydrogen-bond donors (Lipinski definition) is 1. The second-order valence-electron chi connectivity index (χ2n) is 3.88. The predicted octanol–water partition coefficient (Wildman–Crippen LogP) is 2.65. The summed E-state index contributed by atoms with van der Waals surface area (Å²) in [7, 11) is 3.88. The van der Waals surface area contributed by atoms with Crippen molar-refractivity contribution in [3.05, 3.63) is 40.0 Å². The maximum atomic E-state index is 5.49. The first-order chi connectivity index (χ1) is 8.19. The second-order valence-corrected chi connectivity index (χ2v) is 4.73. The average Bonchev–Trinajstić information content (AvgIpc) is 2.91. The molecule has 2 heterocycles. The largest absolute Gasteiger partial charge is 0.469 e. The highest BCUT2D eigenvalue weighted by Crippen LogP contribution is 2.30. The van der Waals surface area contributed by atoms with Crippen molar-refractivity contribution < 1.29 is 4.42 Å². The first-order valence-electron chi connectivity index (χ1n) is 5.60. The number of rotatable bonds is 4. The Balaban J connectivity index is 2.47. The van der Waals surface area contributed by atoms with E-state index in [-0.39, 0.29) is 6.04 Å². The van der Waals surface area contributed by atoms with Crippen LogP contribution in [0.5, 0.6) is 0 Å². The highest BCUT2D eigenvalue weighted by molar-refractivity contribution is 9.10. The molecule has 0 aromatic carbocycles. The number of aryl methyl sites for hydroxylation is 2. The minimum Gasteiger partial charge on any atom is -0.469 e. The fourth-order valence-electron chi connectivity index (χ4n) is 2.08. The molecule has 1 atom stereocenters. The van der Waals surface area contributed by atoms with Gasteiger partial charge in [0.2, 0.25) is 0 Å². The van der Waals surface area contributed by atoms with Crippen molar-refractivity contribution in [3.63, 3.8) is 0 Å². The molecular formula is C12H16BrN3O. The van der Waals surface area contributed by atoms with Crippen LogP contribution in [0.3, 0.4) is 0 Å². The Morgan fingerprint density at radius 1 is 1.59 bits per heavy atom. The zero-order valence-electron chi connectivity index (χ0n) is 10.2. The van der Waals surface area contributed by atoms with Gasteiger partial charge < -0.3 is 9.73 Å². The summed E-state index contributed by atoms with van der Waals surface area (Å²) >= 11 is 3.54. The lowest BCUT2D eigenvalue weighted by molar-refractivity contribution is 0.500. The fraction of sp³-hybridized carbons (Fsp3) is 0.417. The van der Waals surface area contributed by atoms with Crippen molar-refractivity contribution in [2.75, 3.05) is 7.05 Å². The zero-order chi connectivity index (χ0) is 12.4. The molecule has 2 aromatic rings. The maximum Gasteiger partial charge on any atom is 0.108 e. The highest BCUT2D eigenvalue weighted by Gasteiger charge is 2.22. The lowest BCUT2D eigenvalue weighted by Gasteiger charge is -2.17. The van der Waals surface area contributed by atoms with Crippen molar-refractivity contribution >= 4 is 15.9 Å². The van der Waals surface area contributed by atoms with Crippen molar-refractivity contribution in [3.8, 4) is 0 Å². The van der Waals surface area contributed by atoms with Crippen LogP contribution >= 0.6 is 15.9 Å². The standard InChI is InChI=1S/C12H16BrN3O/c1-4-10-8(5-6-17-10)11(14-2)12-9(13)7-15-16(12)3/h5-7,11,14H,4H2,1-3H3. The molecule has 2 aromatic heterocycles. The molecule has 1 unspecified atom stereocenters. The molecule has 0 saturated carbocycles. The molecule has 0 bridgehead atoms. The summed E-state index contributed by atoms with van der Waals surface area (Å²) in [5.74, 6) is 1.01. The summed E-state index contributed by atoms with van der Waals surface area (Å²) in [6, 6.07) is 2.10. The van der Waals surface area contributed by atoms with Crippen molar-refractivity contribution in [1.29, 1.82) is 0 Å². The Labute approximate surface area is 109 Å². The Morgan fingerprint density at radius 2 is 2.35 bits per heavy atom. The van der Waals surface area contributed by atoms with Gasteiger partial charge in [0, 0.05) is 19.0 Å². The number of halogens is 1. The van der Waals surface area contributed by atoms with Gasteiger partial charge in [0.05, 0.1) is 28.7 Å². The van der Waals surface area contributed by atoms with Crippen LogP contribution in [-0.4, -0.2) is 16.8 Å². The van der Waals surface area contributed by atoms with Gasteiger partial charge in [0.25, 0.3) is 0 Å². The summed E-state index contributed by atoms with van der Waals surface area (Å²) in [6.07, 6.45) is 4.43. The van der Waals surface area contributed by atoms with Crippen LogP contribution in [0.25, 0.3) is 0 Å². The van der Waals surface area contributed by atoms with Crippen molar-refractivity contribution in [1.82, 2.24) is 15.1 Å². The Bertz CT molecular complexity index is 484. The second kappa shape index (κ2) is 5.06. The average molecular weight is 298 g/mol. The molecule has 0 spiro atoms.